The average molecular weight is 392 g/mol. The summed E-state index contributed by atoms with van der Waals surface area (Å²) < 4.78 is 28.9. The highest BCUT2D eigenvalue weighted by molar-refractivity contribution is 5.94. The average Bonchev–Trinajstić information content (AvgIpc) is 2.73. The van der Waals surface area contributed by atoms with Gasteiger partial charge >= 0.3 is 0 Å². The Morgan fingerprint density at radius 1 is 0.931 bits per heavy atom. The number of nitrogens with zero attached hydrogens (tertiary/aromatic N) is 2. The van der Waals surface area contributed by atoms with Crippen molar-refractivity contribution in [3.8, 4) is 0 Å². The number of pyridine rings is 1. The summed E-state index contributed by atoms with van der Waals surface area (Å²) in [5.41, 5.74) is 1.47. The molecule has 0 saturated heterocycles. The Kier molecular flexibility index (Phi) is 4.84. The summed E-state index contributed by atoms with van der Waals surface area (Å²) in [7, 11) is 1.57. The summed E-state index contributed by atoms with van der Waals surface area (Å²) >= 11 is 0. The third-order valence-corrected chi connectivity index (χ3v) is 5.02. The summed E-state index contributed by atoms with van der Waals surface area (Å²) in [6.45, 7) is 0.00162. The molecule has 1 aromatic heterocycles. The van der Waals surface area contributed by atoms with E-state index in [-0.39, 0.29) is 30.0 Å². The maximum absolute atomic E-state index is 13.9. The fraction of sp³-hybridized carbons (Fsp3) is 0.130. The molecule has 0 bridgehead atoms. The van der Waals surface area contributed by atoms with E-state index < -0.39 is 11.6 Å². The van der Waals surface area contributed by atoms with Crippen molar-refractivity contribution in [3.63, 3.8) is 0 Å². The Balaban J connectivity index is 1.72. The van der Waals surface area contributed by atoms with Crippen LogP contribution >= 0.6 is 0 Å². The van der Waals surface area contributed by atoms with Gasteiger partial charge in [-0.05, 0) is 30.3 Å². The van der Waals surface area contributed by atoms with Gasteiger partial charge in [0, 0.05) is 36.0 Å². The number of carbonyl (C=O) groups excluding carboxylic acids is 1. The minimum atomic E-state index is -0.691. The minimum Gasteiger partial charge on any atom is -0.340 e. The highest BCUT2D eigenvalue weighted by Gasteiger charge is 2.16. The maximum Gasteiger partial charge on any atom is 0.242 e. The largest absolute Gasteiger partial charge is 0.340 e. The van der Waals surface area contributed by atoms with E-state index in [0.717, 1.165) is 6.07 Å². The van der Waals surface area contributed by atoms with Crippen LogP contribution in [-0.2, 0) is 17.9 Å². The molecule has 29 heavy (non-hydrogen) atoms. The second kappa shape index (κ2) is 7.47. The van der Waals surface area contributed by atoms with Crippen LogP contribution < -0.4 is 5.43 Å². The Bertz CT molecular complexity index is 1240. The van der Waals surface area contributed by atoms with Gasteiger partial charge in [-0.1, -0.05) is 30.3 Å². The van der Waals surface area contributed by atoms with Crippen LogP contribution in [0.4, 0.5) is 8.78 Å². The number of benzene rings is 3. The van der Waals surface area contributed by atoms with E-state index in [0.29, 0.717) is 21.8 Å². The standard InChI is InChI=1S/C23H18F2N2O2/c1-26(13-15-10-11-16(24)12-19(15)25)22(28)14-27-20-8-4-2-6-17(20)23(29)18-7-3-5-9-21(18)27/h2-12H,13-14H2,1H3. The summed E-state index contributed by atoms with van der Waals surface area (Å²) in [6.07, 6.45) is 0. The molecule has 0 saturated carbocycles. The third kappa shape index (κ3) is 3.49. The lowest BCUT2D eigenvalue weighted by Gasteiger charge is -2.21. The summed E-state index contributed by atoms with van der Waals surface area (Å²) in [4.78, 5) is 27.1. The lowest BCUT2D eigenvalue weighted by molar-refractivity contribution is -0.130. The number of amides is 1. The summed E-state index contributed by atoms with van der Waals surface area (Å²) in [5, 5.41) is 1.07. The van der Waals surface area contributed by atoms with Crippen LogP contribution in [0.1, 0.15) is 5.56 Å². The van der Waals surface area contributed by atoms with Gasteiger partial charge in [-0.25, -0.2) is 8.78 Å². The SMILES string of the molecule is CN(Cc1ccc(F)cc1F)C(=O)Cn1c2ccccc2c(=O)c2ccccc21. The van der Waals surface area contributed by atoms with Crippen molar-refractivity contribution < 1.29 is 13.6 Å². The van der Waals surface area contributed by atoms with Gasteiger partial charge in [-0.15, -0.1) is 0 Å². The van der Waals surface area contributed by atoms with E-state index in [1.165, 1.54) is 17.0 Å². The first-order valence-electron chi connectivity index (χ1n) is 9.14. The molecule has 0 radical (unpaired) electrons. The van der Waals surface area contributed by atoms with Gasteiger partial charge in [0.15, 0.2) is 5.43 Å². The zero-order chi connectivity index (χ0) is 20.5. The molecule has 3 aromatic carbocycles. The molecule has 146 valence electrons. The number of carbonyl (C=O) groups is 1. The van der Waals surface area contributed by atoms with E-state index in [4.69, 9.17) is 0 Å². The number of aromatic nitrogens is 1. The predicted octanol–water partition coefficient (Wildman–Crippen LogP) is 4.09. The van der Waals surface area contributed by atoms with Crippen molar-refractivity contribution in [2.75, 3.05) is 7.05 Å². The van der Waals surface area contributed by atoms with Crippen LogP contribution in [0.5, 0.6) is 0 Å². The Hall–Kier alpha value is -3.54. The molecular weight excluding hydrogens is 374 g/mol. The molecule has 1 amide bonds. The highest BCUT2D eigenvalue weighted by atomic mass is 19.1. The van der Waals surface area contributed by atoms with Crippen LogP contribution in [0.3, 0.4) is 0 Å². The summed E-state index contributed by atoms with van der Waals surface area (Å²) in [6, 6.07) is 17.6. The molecule has 4 nitrogen and oxygen atoms in total. The molecule has 0 aliphatic heterocycles. The molecule has 0 aliphatic carbocycles. The quantitative estimate of drug-likeness (QED) is 0.491. The van der Waals surface area contributed by atoms with Crippen LogP contribution in [0.25, 0.3) is 21.8 Å². The van der Waals surface area contributed by atoms with Gasteiger partial charge in [0.25, 0.3) is 0 Å². The van der Waals surface area contributed by atoms with Gasteiger partial charge in [-0.3, -0.25) is 9.59 Å². The molecule has 1 heterocycles. The fourth-order valence-corrected chi connectivity index (χ4v) is 3.50. The normalized spacial score (nSPS) is 11.1. The van der Waals surface area contributed by atoms with E-state index in [9.17, 15) is 18.4 Å². The van der Waals surface area contributed by atoms with Crippen LogP contribution in [0.2, 0.25) is 0 Å². The predicted molar refractivity (Wildman–Crippen MR) is 109 cm³/mol. The van der Waals surface area contributed by atoms with Crippen LogP contribution in [0.15, 0.2) is 71.5 Å². The van der Waals surface area contributed by atoms with Gasteiger partial charge in [0.05, 0.1) is 11.0 Å². The molecule has 4 aromatic rings. The first-order chi connectivity index (χ1) is 14.0. The van der Waals surface area contributed by atoms with E-state index in [1.807, 2.05) is 12.1 Å². The van der Waals surface area contributed by atoms with Gasteiger partial charge in [0.2, 0.25) is 5.91 Å². The summed E-state index contributed by atoms with van der Waals surface area (Å²) in [5.74, 6) is -1.61. The molecule has 0 fully saturated rings. The van der Waals surface area contributed by atoms with E-state index in [2.05, 4.69) is 0 Å². The first-order valence-corrected chi connectivity index (χ1v) is 9.14. The van der Waals surface area contributed by atoms with Crippen molar-refractivity contribution in [1.29, 1.82) is 0 Å². The van der Waals surface area contributed by atoms with Gasteiger partial charge in [-0.2, -0.15) is 0 Å². The highest BCUT2D eigenvalue weighted by Crippen LogP contribution is 2.20. The van der Waals surface area contributed by atoms with E-state index >= 15 is 0 Å². The maximum atomic E-state index is 13.9. The number of hydrogen-bond acceptors (Lipinski definition) is 2. The van der Waals surface area contributed by atoms with Gasteiger partial charge < -0.3 is 9.47 Å². The second-order valence-corrected chi connectivity index (χ2v) is 6.94. The van der Waals surface area contributed by atoms with Crippen molar-refractivity contribution in [1.82, 2.24) is 9.47 Å². The van der Waals surface area contributed by atoms with Gasteiger partial charge in [0.1, 0.15) is 18.2 Å². The smallest absolute Gasteiger partial charge is 0.242 e. The van der Waals surface area contributed by atoms with Crippen molar-refractivity contribution in [2.45, 2.75) is 13.1 Å². The molecule has 4 rings (SSSR count). The zero-order valence-corrected chi connectivity index (χ0v) is 15.7. The monoisotopic (exact) mass is 392 g/mol. The zero-order valence-electron chi connectivity index (χ0n) is 15.7. The van der Waals surface area contributed by atoms with Crippen LogP contribution in [0, 0.1) is 11.6 Å². The topological polar surface area (TPSA) is 42.3 Å². The first kappa shape index (κ1) is 18.8. The number of likely N-dealkylation sites (N-methyl/N-ethyl adjacent to an activating group) is 1. The lowest BCUT2D eigenvalue weighted by atomic mass is 10.1. The van der Waals surface area contributed by atoms with Crippen molar-refractivity contribution >= 4 is 27.7 Å². The molecule has 0 atom stereocenters. The number of hydrogen-bond donors (Lipinski definition) is 0. The number of halogens is 2. The Labute approximate surface area is 165 Å². The second-order valence-electron chi connectivity index (χ2n) is 6.94. The van der Waals surface area contributed by atoms with Crippen molar-refractivity contribution in [3.05, 3.63) is 94.2 Å². The molecule has 0 unspecified atom stereocenters. The lowest BCUT2D eigenvalue weighted by Crippen LogP contribution is -2.30. The Morgan fingerprint density at radius 2 is 1.52 bits per heavy atom. The van der Waals surface area contributed by atoms with Crippen molar-refractivity contribution in [2.24, 2.45) is 0 Å². The van der Waals surface area contributed by atoms with E-state index in [1.54, 1.807) is 48.0 Å². The molecular formula is C23H18F2N2O2. The fourth-order valence-electron chi connectivity index (χ4n) is 3.50. The molecule has 0 N–H and O–H groups in total. The number of para-hydroxylation sites is 2. The van der Waals surface area contributed by atoms with Crippen LogP contribution in [-0.4, -0.2) is 22.4 Å². The number of rotatable bonds is 4. The molecule has 0 spiro atoms. The third-order valence-electron chi connectivity index (χ3n) is 5.02. The molecule has 0 aliphatic rings. The Morgan fingerprint density at radius 3 is 2.10 bits per heavy atom. The minimum absolute atomic E-state index is 0.0133. The molecule has 6 heteroatoms. The number of fused-ring (bicyclic) bond motifs is 2.